The van der Waals surface area contributed by atoms with Gasteiger partial charge in [0.05, 0.1) is 11.0 Å². The number of ketones is 1. The summed E-state index contributed by atoms with van der Waals surface area (Å²) in [6.45, 7) is 1.39. The van der Waals surface area contributed by atoms with Crippen molar-refractivity contribution in [2.75, 3.05) is 0 Å². The lowest BCUT2D eigenvalue weighted by Gasteiger charge is -2.04. The molecule has 0 amide bonds. The average Bonchev–Trinajstić information content (AvgIpc) is 2.86. The fourth-order valence-corrected chi connectivity index (χ4v) is 2.79. The van der Waals surface area contributed by atoms with E-state index in [-0.39, 0.29) is 16.8 Å². The highest BCUT2D eigenvalue weighted by Gasteiger charge is 2.20. The third-order valence-electron chi connectivity index (χ3n) is 3.70. The Bertz CT molecular complexity index is 1090. The number of pyridine rings is 1. The quantitative estimate of drug-likeness (QED) is 0.501. The summed E-state index contributed by atoms with van der Waals surface area (Å²) in [4.78, 5) is 24.5. The number of nitrogens with zero attached hydrogens (tertiary/aromatic N) is 1. The van der Waals surface area contributed by atoms with Gasteiger partial charge in [0.15, 0.2) is 11.4 Å². The maximum atomic E-state index is 12.6. The molecule has 0 aliphatic heterocycles. The normalized spacial score (nSPS) is 11.5. The number of carbonyl (C=O) groups is 1. The van der Waals surface area contributed by atoms with Crippen LogP contribution in [-0.2, 0) is 0 Å². The van der Waals surface area contributed by atoms with Crippen LogP contribution in [-0.4, -0.2) is 10.2 Å². The van der Waals surface area contributed by atoms with Gasteiger partial charge < -0.3 is 4.42 Å². The van der Waals surface area contributed by atoms with Crippen molar-refractivity contribution in [3.8, 4) is 0 Å². The minimum absolute atomic E-state index is 0.102. The zero-order valence-electron chi connectivity index (χ0n) is 11.3. The second-order valence-electron chi connectivity index (χ2n) is 4.99. The molecular weight excluding hydrogens is 266 g/mol. The van der Waals surface area contributed by atoms with Gasteiger partial charge in [-0.25, -0.2) is 0 Å². The summed E-state index contributed by atoms with van der Waals surface area (Å²) >= 11 is 0. The van der Waals surface area contributed by atoms with Crippen LogP contribution in [0.25, 0.3) is 27.7 Å². The Morgan fingerprint density at radius 2 is 1.67 bits per heavy atom. The molecule has 4 aromatic rings. The van der Waals surface area contributed by atoms with Crippen LogP contribution in [0.1, 0.15) is 17.3 Å². The van der Waals surface area contributed by atoms with Crippen molar-refractivity contribution in [1.29, 1.82) is 0 Å². The molecule has 0 saturated carbocycles. The van der Waals surface area contributed by atoms with Gasteiger partial charge in [-0.3, -0.25) is 14.0 Å². The lowest BCUT2D eigenvalue weighted by Crippen LogP contribution is -2.15. The fourth-order valence-electron chi connectivity index (χ4n) is 2.79. The third-order valence-corrected chi connectivity index (χ3v) is 3.70. The van der Waals surface area contributed by atoms with Crippen molar-refractivity contribution in [3.63, 3.8) is 0 Å². The van der Waals surface area contributed by atoms with E-state index < -0.39 is 0 Å². The van der Waals surface area contributed by atoms with Crippen molar-refractivity contribution in [2.45, 2.75) is 6.92 Å². The smallest absolute Gasteiger partial charge is 0.220 e. The SMILES string of the molecule is CC(=O)c1c(=O)c2ccccc2n2c1oc1ccccc12. The van der Waals surface area contributed by atoms with Gasteiger partial charge in [0.2, 0.25) is 11.1 Å². The maximum absolute atomic E-state index is 12.6. The second kappa shape index (κ2) is 4.06. The largest absolute Gasteiger partial charge is 0.437 e. The zero-order chi connectivity index (χ0) is 14.6. The number of rotatable bonds is 1. The fraction of sp³-hybridized carbons (Fsp3) is 0.0588. The number of fused-ring (bicyclic) bond motifs is 5. The summed E-state index contributed by atoms with van der Waals surface area (Å²) in [5.41, 5.74) is 2.36. The van der Waals surface area contributed by atoms with Gasteiger partial charge >= 0.3 is 0 Å². The molecule has 4 rings (SSSR count). The van der Waals surface area contributed by atoms with E-state index in [2.05, 4.69) is 0 Å². The molecule has 4 heteroatoms. The number of benzene rings is 2. The summed E-state index contributed by atoms with van der Waals surface area (Å²) in [5.74, 6) is -0.290. The lowest BCUT2D eigenvalue weighted by molar-refractivity contribution is 0.101. The van der Waals surface area contributed by atoms with Gasteiger partial charge in [-0.15, -0.1) is 0 Å². The Hall–Kier alpha value is -2.88. The molecule has 0 saturated heterocycles. The molecular formula is C17H11NO3. The van der Waals surface area contributed by atoms with Crippen LogP contribution in [0.3, 0.4) is 0 Å². The van der Waals surface area contributed by atoms with Crippen molar-refractivity contribution in [3.05, 3.63) is 64.3 Å². The van der Waals surface area contributed by atoms with Crippen LogP contribution in [0, 0.1) is 0 Å². The predicted molar refractivity (Wildman–Crippen MR) is 80.9 cm³/mol. The number of hydrogen-bond donors (Lipinski definition) is 0. The topological polar surface area (TPSA) is 51.7 Å². The van der Waals surface area contributed by atoms with E-state index >= 15 is 0 Å². The Morgan fingerprint density at radius 3 is 2.43 bits per heavy atom. The van der Waals surface area contributed by atoms with Crippen LogP contribution < -0.4 is 5.43 Å². The Labute approximate surface area is 119 Å². The van der Waals surface area contributed by atoms with E-state index in [0.717, 1.165) is 11.0 Å². The Balaban J connectivity index is 2.45. The summed E-state index contributed by atoms with van der Waals surface area (Å²) in [7, 11) is 0. The van der Waals surface area contributed by atoms with E-state index in [4.69, 9.17) is 4.42 Å². The van der Waals surface area contributed by atoms with Crippen LogP contribution in [0.2, 0.25) is 0 Å². The molecule has 0 atom stereocenters. The third kappa shape index (κ3) is 1.50. The first kappa shape index (κ1) is 11.9. The molecule has 4 nitrogen and oxygen atoms in total. The predicted octanol–water partition coefficient (Wildman–Crippen LogP) is 3.40. The molecule has 0 fully saturated rings. The van der Waals surface area contributed by atoms with E-state index in [0.29, 0.717) is 16.7 Å². The first-order valence-corrected chi connectivity index (χ1v) is 6.64. The van der Waals surface area contributed by atoms with Crippen LogP contribution in [0.5, 0.6) is 0 Å². The first-order chi connectivity index (χ1) is 10.2. The number of hydrogen-bond acceptors (Lipinski definition) is 3. The Morgan fingerprint density at radius 1 is 1.00 bits per heavy atom. The highest BCUT2D eigenvalue weighted by molar-refractivity contribution is 6.04. The summed E-state index contributed by atoms with van der Waals surface area (Å²) in [5, 5.41) is 0.520. The molecule has 0 N–H and O–H groups in total. The van der Waals surface area contributed by atoms with Crippen LogP contribution in [0.15, 0.2) is 57.7 Å². The van der Waals surface area contributed by atoms with E-state index in [9.17, 15) is 9.59 Å². The lowest BCUT2D eigenvalue weighted by atomic mass is 10.1. The number of oxazole rings is 1. The van der Waals surface area contributed by atoms with Gasteiger partial charge in [-0.2, -0.15) is 0 Å². The Kier molecular flexibility index (Phi) is 2.30. The van der Waals surface area contributed by atoms with E-state index in [1.807, 2.05) is 40.8 Å². The van der Waals surface area contributed by atoms with Crippen molar-refractivity contribution in [1.82, 2.24) is 4.40 Å². The number of aromatic nitrogens is 1. The van der Waals surface area contributed by atoms with Crippen molar-refractivity contribution < 1.29 is 9.21 Å². The summed E-state index contributed by atoms with van der Waals surface area (Å²) < 4.78 is 7.61. The van der Waals surface area contributed by atoms with Crippen LogP contribution in [0.4, 0.5) is 0 Å². The molecule has 0 bridgehead atoms. The highest BCUT2D eigenvalue weighted by Crippen LogP contribution is 2.26. The molecule has 0 spiro atoms. The highest BCUT2D eigenvalue weighted by atomic mass is 16.3. The minimum Gasteiger partial charge on any atom is -0.437 e. The number of carbonyl (C=O) groups excluding carboxylic acids is 1. The average molecular weight is 277 g/mol. The molecule has 0 aliphatic rings. The van der Waals surface area contributed by atoms with Gasteiger partial charge in [0.25, 0.3) is 0 Å². The first-order valence-electron chi connectivity index (χ1n) is 6.64. The van der Waals surface area contributed by atoms with E-state index in [1.165, 1.54) is 6.92 Å². The molecule has 0 aliphatic carbocycles. The summed E-state index contributed by atoms with van der Waals surface area (Å²) in [6.07, 6.45) is 0. The summed E-state index contributed by atoms with van der Waals surface area (Å²) in [6, 6.07) is 14.7. The van der Waals surface area contributed by atoms with Crippen molar-refractivity contribution >= 4 is 33.5 Å². The molecule has 21 heavy (non-hydrogen) atoms. The second-order valence-corrected chi connectivity index (χ2v) is 4.99. The molecule has 0 unspecified atom stereocenters. The van der Waals surface area contributed by atoms with Crippen molar-refractivity contribution in [2.24, 2.45) is 0 Å². The standard InChI is InChI=1S/C17H11NO3/c1-10(19)15-16(20)11-6-2-3-7-12(11)18-13-8-4-5-9-14(13)21-17(15)18/h2-9H,1H3. The van der Waals surface area contributed by atoms with Gasteiger partial charge in [-0.1, -0.05) is 24.3 Å². The van der Waals surface area contributed by atoms with Crippen LogP contribution >= 0.6 is 0 Å². The molecule has 102 valence electrons. The zero-order valence-corrected chi connectivity index (χ0v) is 11.3. The number of para-hydroxylation sites is 3. The van der Waals surface area contributed by atoms with Gasteiger partial charge in [-0.05, 0) is 31.2 Å². The minimum atomic E-state index is -0.290. The van der Waals surface area contributed by atoms with Gasteiger partial charge in [0.1, 0.15) is 5.56 Å². The molecule has 2 aromatic carbocycles. The molecule has 0 radical (unpaired) electrons. The van der Waals surface area contributed by atoms with E-state index in [1.54, 1.807) is 12.1 Å². The maximum Gasteiger partial charge on any atom is 0.220 e. The van der Waals surface area contributed by atoms with Gasteiger partial charge in [0, 0.05) is 5.39 Å². The monoisotopic (exact) mass is 277 g/mol. The molecule has 2 aromatic heterocycles. The number of Topliss-reactive ketones (excluding diaryl/α,β-unsaturated/α-hetero) is 1. The molecule has 2 heterocycles.